The molecular formula is C11H14N2O2. The van der Waals surface area contributed by atoms with Crippen LogP contribution in [-0.2, 0) is 10.2 Å². The lowest BCUT2D eigenvalue weighted by molar-refractivity contribution is -0.142. The molecule has 1 aromatic rings. The van der Waals surface area contributed by atoms with Gasteiger partial charge < -0.3 is 10.4 Å². The molecular weight excluding hydrogens is 192 g/mol. The van der Waals surface area contributed by atoms with Crippen molar-refractivity contribution in [3.8, 4) is 0 Å². The van der Waals surface area contributed by atoms with Crippen molar-refractivity contribution in [3.05, 3.63) is 30.1 Å². The average molecular weight is 206 g/mol. The number of pyridine rings is 1. The number of carbonyl (C=O) groups is 1. The van der Waals surface area contributed by atoms with E-state index in [1.807, 2.05) is 19.1 Å². The lowest BCUT2D eigenvalue weighted by atomic mass is 9.74. The second kappa shape index (κ2) is 3.62. The molecule has 1 fully saturated rings. The van der Waals surface area contributed by atoms with Crippen LogP contribution in [0.5, 0.6) is 0 Å². The van der Waals surface area contributed by atoms with Crippen LogP contribution in [0.1, 0.15) is 12.5 Å². The third-order valence-electron chi connectivity index (χ3n) is 3.25. The first-order chi connectivity index (χ1) is 7.14. The molecule has 0 aromatic carbocycles. The fraction of sp³-hybridized carbons (Fsp3) is 0.455. The summed E-state index contributed by atoms with van der Waals surface area (Å²) in [6.45, 7) is 3.23. The van der Waals surface area contributed by atoms with E-state index in [-0.39, 0.29) is 11.3 Å². The van der Waals surface area contributed by atoms with Gasteiger partial charge in [-0.25, -0.2) is 0 Å². The van der Waals surface area contributed by atoms with Crippen LogP contribution < -0.4 is 5.32 Å². The van der Waals surface area contributed by atoms with Crippen molar-refractivity contribution in [1.82, 2.24) is 10.3 Å². The Morgan fingerprint density at radius 3 is 2.87 bits per heavy atom. The zero-order valence-electron chi connectivity index (χ0n) is 8.60. The molecule has 2 unspecified atom stereocenters. The van der Waals surface area contributed by atoms with Crippen molar-refractivity contribution in [2.75, 3.05) is 13.1 Å². The second-order valence-corrected chi connectivity index (χ2v) is 4.18. The first-order valence-corrected chi connectivity index (χ1v) is 4.98. The molecule has 2 N–H and O–H groups in total. The Balaban J connectivity index is 2.37. The summed E-state index contributed by atoms with van der Waals surface area (Å²) in [7, 11) is 0. The van der Waals surface area contributed by atoms with Gasteiger partial charge in [0.25, 0.3) is 0 Å². The minimum absolute atomic E-state index is 0.325. The molecule has 0 saturated carbocycles. The Kier molecular flexibility index (Phi) is 2.44. The Hall–Kier alpha value is -1.42. The first kappa shape index (κ1) is 10.1. The summed E-state index contributed by atoms with van der Waals surface area (Å²) in [5, 5.41) is 12.3. The third kappa shape index (κ3) is 1.61. The van der Waals surface area contributed by atoms with Crippen LogP contribution >= 0.6 is 0 Å². The van der Waals surface area contributed by atoms with Crippen molar-refractivity contribution in [2.24, 2.45) is 5.92 Å². The van der Waals surface area contributed by atoms with E-state index in [0.717, 1.165) is 5.56 Å². The lowest BCUT2D eigenvalue weighted by Crippen LogP contribution is -2.36. The molecule has 4 heteroatoms. The number of carboxylic acid groups (broad SMARTS) is 1. The molecule has 0 aliphatic carbocycles. The van der Waals surface area contributed by atoms with Crippen LogP contribution in [0, 0.1) is 5.92 Å². The van der Waals surface area contributed by atoms with Crippen LogP contribution in [0.4, 0.5) is 0 Å². The summed E-state index contributed by atoms with van der Waals surface area (Å²) in [6, 6.07) is 3.78. The number of carboxylic acids is 1. The fourth-order valence-corrected chi connectivity index (χ4v) is 2.22. The molecule has 0 radical (unpaired) electrons. The molecule has 0 spiro atoms. The molecule has 1 aliphatic rings. The van der Waals surface area contributed by atoms with E-state index in [1.54, 1.807) is 12.4 Å². The molecule has 4 nitrogen and oxygen atoms in total. The second-order valence-electron chi connectivity index (χ2n) is 4.18. The Labute approximate surface area is 88.3 Å². The van der Waals surface area contributed by atoms with Crippen LogP contribution in [0.15, 0.2) is 24.5 Å². The van der Waals surface area contributed by atoms with E-state index in [0.29, 0.717) is 13.1 Å². The maximum atomic E-state index is 11.1. The van der Waals surface area contributed by atoms with E-state index in [1.165, 1.54) is 0 Å². The molecule has 80 valence electrons. The predicted molar refractivity (Wildman–Crippen MR) is 55.6 cm³/mol. The highest BCUT2D eigenvalue weighted by molar-refractivity contribution is 5.73. The van der Waals surface area contributed by atoms with Gasteiger partial charge in [0.2, 0.25) is 0 Å². The van der Waals surface area contributed by atoms with Gasteiger partial charge in [0, 0.05) is 30.9 Å². The molecule has 2 rings (SSSR count). The number of rotatable bonds is 2. The molecule has 0 amide bonds. The standard InChI is InChI=1S/C11H14N2O2/c1-11(8-2-4-12-5-3-8)7-13-6-9(11)10(14)15/h2-5,9,13H,6-7H2,1H3,(H,14,15). The number of aromatic nitrogens is 1. The summed E-state index contributed by atoms with van der Waals surface area (Å²) in [4.78, 5) is 15.1. The van der Waals surface area contributed by atoms with Gasteiger partial charge in [0.1, 0.15) is 0 Å². The lowest BCUT2D eigenvalue weighted by Gasteiger charge is -2.28. The van der Waals surface area contributed by atoms with Gasteiger partial charge >= 0.3 is 5.97 Å². The topological polar surface area (TPSA) is 62.2 Å². The van der Waals surface area contributed by atoms with Gasteiger partial charge in [-0.3, -0.25) is 9.78 Å². The molecule has 0 bridgehead atoms. The van der Waals surface area contributed by atoms with Gasteiger partial charge in [-0.2, -0.15) is 0 Å². The highest BCUT2D eigenvalue weighted by Crippen LogP contribution is 2.34. The molecule has 1 aromatic heterocycles. The van der Waals surface area contributed by atoms with Crippen LogP contribution in [0.3, 0.4) is 0 Å². The van der Waals surface area contributed by atoms with Crippen molar-refractivity contribution in [1.29, 1.82) is 0 Å². The quantitative estimate of drug-likeness (QED) is 0.745. The first-order valence-electron chi connectivity index (χ1n) is 4.98. The van der Waals surface area contributed by atoms with E-state index in [2.05, 4.69) is 10.3 Å². The minimum atomic E-state index is -0.737. The van der Waals surface area contributed by atoms with E-state index >= 15 is 0 Å². The largest absolute Gasteiger partial charge is 0.481 e. The van der Waals surface area contributed by atoms with Gasteiger partial charge in [-0.15, -0.1) is 0 Å². The predicted octanol–water partition coefficient (Wildman–Crippen LogP) is 0.643. The summed E-state index contributed by atoms with van der Waals surface area (Å²) in [6.07, 6.45) is 3.41. The smallest absolute Gasteiger partial charge is 0.308 e. The summed E-state index contributed by atoms with van der Waals surface area (Å²) < 4.78 is 0. The number of nitrogens with zero attached hydrogens (tertiary/aromatic N) is 1. The Morgan fingerprint density at radius 1 is 1.60 bits per heavy atom. The van der Waals surface area contributed by atoms with Crippen LogP contribution in [-0.4, -0.2) is 29.1 Å². The third-order valence-corrected chi connectivity index (χ3v) is 3.25. The Morgan fingerprint density at radius 2 is 2.27 bits per heavy atom. The van der Waals surface area contributed by atoms with Gasteiger partial charge in [0.15, 0.2) is 0 Å². The number of hydrogen-bond donors (Lipinski definition) is 2. The average Bonchev–Trinajstić information content (AvgIpc) is 2.63. The molecule has 1 saturated heterocycles. The highest BCUT2D eigenvalue weighted by atomic mass is 16.4. The fourth-order valence-electron chi connectivity index (χ4n) is 2.22. The molecule has 1 aliphatic heterocycles. The zero-order valence-corrected chi connectivity index (χ0v) is 8.60. The number of nitrogens with one attached hydrogen (secondary N) is 1. The zero-order chi connectivity index (χ0) is 10.9. The maximum absolute atomic E-state index is 11.1. The van der Waals surface area contributed by atoms with Crippen molar-refractivity contribution in [2.45, 2.75) is 12.3 Å². The monoisotopic (exact) mass is 206 g/mol. The van der Waals surface area contributed by atoms with Crippen molar-refractivity contribution < 1.29 is 9.90 Å². The van der Waals surface area contributed by atoms with Crippen molar-refractivity contribution >= 4 is 5.97 Å². The van der Waals surface area contributed by atoms with E-state index in [4.69, 9.17) is 5.11 Å². The van der Waals surface area contributed by atoms with Gasteiger partial charge in [0.05, 0.1) is 5.92 Å². The molecule has 15 heavy (non-hydrogen) atoms. The van der Waals surface area contributed by atoms with Gasteiger partial charge in [-0.1, -0.05) is 6.92 Å². The maximum Gasteiger partial charge on any atom is 0.308 e. The summed E-state index contributed by atoms with van der Waals surface area (Å²) in [5.41, 5.74) is 0.712. The van der Waals surface area contributed by atoms with Crippen LogP contribution in [0.25, 0.3) is 0 Å². The van der Waals surface area contributed by atoms with Gasteiger partial charge in [-0.05, 0) is 17.7 Å². The van der Waals surface area contributed by atoms with Crippen LogP contribution in [0.2, 0.25) is 0 Å². The Bertz CT molecular complexity index is 366. The normalized spacial score (nSPS) is 30.3. The highest BCUT2D eigenvalue weighted by Gasteiger charge is 2.44. The SMILES string of the molecule is CC1(c2ccncc2)CNCC1C(=O)O. The van der Waals surface area contributed by atoms with E-state index < -0.39 is 5.97 Å². The molecule has 2 heterocycles. The number of hydrogen-bond acceptors (Lipinski definition) is 3. The number of aliphatic carboxylic acids is 1. The van der Waals surface area contributed by atoms with E-state index in [9.17, 15) is 4.79 Å². The van der Waals surface area contributed by atoms with Crippen molar-refractivity contribution in [3.63, 3.8) is 0 Å². The molecule has 2 atom stereocenters. The minimum Gasteiger partial charge on any atom is -0.481 e. The summed E-state index contributed by atoms with van der Waals surface area (Å²) >= 11 is 0. The summed E-state index contributed by atoms with van der Waals surface area (Å²) in [5.74, 6) is -1.10.